The maximum atomic E-state index is 13.8. The van der Waals surface area contributed by atoms with Gasteiger partial charge >= 0.3 is 5.97 Å². The van der Waals surface area contributed by atoms with Gasteiger partial charge in [0.2, 0.25) is 0 Å². The van der Waals surface area contributed by atoms with E-state index in [-0.39, 0.29) is 11.1 Å². The van der Waals surface area contributed by atoms with Crippen LogP contribution in [-0.2, 0) is 9.53 Å². The van der Waals surface area contributed by atoms with Crippen LogP contribution in [0.3, 0.4) is 0 Å². The van der Waals surface area contributed by atoms with Crippen LogP contribution in [0.2, 0.25) is 5.02 Å². The molecular formula is C28H23ClN2O5S2. The summed E-state index contributed by atoms with van der Waals surface area (Å²) < 4.78 is 18.5. The highest BCUT2D eigenvalue weighted by molar-refractivity contribution is 7.99. The molecule has 2 aromatic carbocycles. The van der Waals surface area contributed by atoms with Gasteiger partial charge in [0.1, 0.15) is 17.6 Å². The van der Waals surface area contributed by atoms with E-state index in [4.69, 9.17) is 25.5 Å². The van der Waals surface area contributed by atoms with Crippen molar-refractivity contribution >= 4 is 46.7 Å². The average molecular weight is 567 g/mol. The van der Waals surface area contributed by atoms with Crippen molar-refractivity contribution in [3.05, 3.63) is 107 Å². The largest absolute Gasteiger partial charge is 0.496 e. The molecule has 0 aliphatic carbocycles. The van der Waals surface area contributed by atoms with Crippen LogP contribution in [0.1, 0.15) is 29.9 Å². The number of hydrogen-bond donors (Lipinski definition) is 0. The van der Waals surface area contributed by atoms with E-state index in [9.17, 15) is 9.59 Å². The lowest BCUT2D eigenvalue weighted by Crippen LogP contribution is -2.40. The number of thiazole rings is 1. The summed E-state index contributed by atoms with van der Waals surface area (Å²) in [6, 6.07) is 16.1. The number of fused-ring (bicyclic) bond motifs is 1. The second kappa shape index (κ2) is 10.7. The van der Waals surface area contributed by atoms with Crippen molar-refractivity contribution < 1.29 is 18.7 Å². The molecule has 0 saturated heterocycles. The topological polar surface area (TPSA) is 83.0 Å². The Bertz CT molecular complexity index is 1750. The Kier molecular flexibility index (Phi) is 7.34. The number of ether oxygens (including phenoxy) is 2. The van der Waals surface area contributed by atoms with Crippen LogP contribution in [0.5, 0.6) is 5.75 Å². The Hall–Kier alpha value is -3.53. The molecule has 0 saturated carbocycles. The molecule has 4 aromatic rings. The summed E-state index contributed by atoms with van der Waals surface area (Å²) in [6.07, 6.45) is 1.69. The average Bonchev–Trinajstić information content (AvgIpc) is 3.47. The summed E-state index contributed by atoms with van der Waals surface area (Å²) in [5.41, 5.74) is 2.10. The number of esters is 1. The SMILES string of the molecule is COC(=O)C1=C(C)N=c2s/c(=C\c3ccc(Sc4ccc(C)cc4)o3)c(=O)n2[C@H]1c1cc(Cl)ccc1OC. The third kappa shape index (κ3) is 4.97. The molecule has 0 N–H and O–H groups in total. The number of methoxy groups -OCH3 is 2. The fourth-order valence-corrected chi connectivity index (χ4v) is 6.21. The third-order valence-electron chi connectivity index (χ3n) is 6.03. The van der Waals surface area contributed by atoms with Gasteiger partial charge in [0.05, 0.1) is 30.0 Å². The molecule has 5 rings (SSSR count). The normalized spacial score (nSPS) is 15.3. The van der Waals surface area contributed by atoms with Gasteiger partial charge in [-0.25, -0.2) is 9.79 Å². The van der Waals surface area contributed by atoms with Crippen LogP contribution < -0.4 is 19.6 Å². The number of rotatable bonds is 6. The minimum absolute atomic E-state index is 0.238. The number of aromatic nitrogens is 1. The molecule has 0 spiro atoms. The van der Waals surface area contributed by atoms with Crippen molar-refractivity contribution in [2.45, 2.75) is 29.9 Å². The van der Waals surface area contributed by atoms with Crippen LogP contribution in [0.4, 0.5) is 0 Å². The smallest absolute Gasteiger partial charge is 0.338 e. The second-order valence-corrected chi connectivity index (χ2v) is 11.1. The fraction of sp³-hybridized carbons (Fsp3) is 0.179. The molecule has 0 fully saturated rings. The van der Waals surface area contributed by atoms with Gasteiger partial charge in [0, 0.05) is 21.6 Å². The third-order valence-corrected chi connectivity index (χ3v) is 8.17. The van der Waals surface area contributed by atoms with Gasteiger partial charge in [-0.3, -0.25) is 9.36 Å². The van der Waals surface area contributed by atoms with Crippen LogP contribution in [0.25, 0.3) is 6.08 Å². The van der Waals surface area contributed by atoms with Crippen molar-refractivity contribution in [3.63, 3.8) is 0 Å². The monoisotopic (exact) mass is 566 g/mol. The van der Waals surface area contributed by atoms with Crippen LogP contribution in [0.15, 0.2) is 90.1 Å². The number of halogens is 1. The molecule has 0 bridgehead atoms. The van der Waals surface area contributed by atoms with Gasteiger partial charge in [-0.1, -0.05) is 52.4 Å². The molecule has 0 unspecified atom stereocenters. The van der Waals surface area contributed by atoms with Gasteiger partial charge in [-0.2, -0.15) is 0 Å². The first-order valence-corrected chi connectivity index (χ1v) is 13.6. The molecule has 2 aromatic heterocycles. The predicted octanol–water partition coefficient (Wildman–Crippen LogP) is 5.12. The predicted molar refractivity (Wildman–Crippen MR) is 148 cm³/mol. The zero-order chi connectivity index (χ0) is 27.0. The lowest BCUT2D eigenvalue weighted by atomic mass is 9.95. The molecule has 1 atom stereocenters. The van der Waals surface area contributed by atoms with E-state index in [0.29, 0.717) is 42.2 Å². The Morgan fingerprint density at radius 2 is 1.89 bits per heavy atom. The first kappa shape index (κ1) is 26.1. The number of allylic oxidation sites excluding steroid dienone is 1. The van der Waals surface area contributed by atoms with Crippen molar-refractivity contribution in [1.82, 2.24) is 4.57 Å². The Morgan fingerprint density at radius 3 is 2.61 bits per heavy atom. The van der Waals surface area contributed by atoms with Gasteiger partial charge in [0.25, 0.3) is 5.56 Å². The Balaban J connectivity index is 1.61. The zero-order valence-electron chi connectivity index (χ0n) is 21.0. The maximum Gasteiger partial charge on any atom is 0.338 e. The number of carbonyl (C=O) groups is 1. The van der Waals surface area contributed by atoms with E-state index in [0.717, 1.165) is 4.90 Å². The molecule has 0 radical (unpaired) electrons. The van der Waals surface area contributed by atoms with Crippen molar-refractivity contribution in [2.24, 2.45) is 4.99 Å². The number of nitrogens with zero attached hydrogens (tertiary/aromatic N) is 2. The number of benzene rings is 2. The number of furan rings is 1. The number of aryl methyl sites for hydroxylation is 1. The molecule has 3 heterocycles. The summed E-state index contributed by atoms with van der Waals surface area (Å²) in [6.45, 7) is 3.76. The fourth-order valence-electron chi connectivity index (χ4n) is 4.22. The summed E-state index contributed by atoms with van der Waals surface area (Å²) in [5.74, 6) is 0.427. The van der Waals surface area contributed by atoms with Crippen LogP contribution in [0, 0.1) is 6.92 Å². The number of carbonyl (C=O) groups excluding carboxylic acids is 1. The van der Waals surface area contributed by atoms with E-state index in [2.05, 4.69) is 4.99 Å². The quantitative estimate of drug-likeness (QED) is 0.301. The van der Waals surface area contributed by atoms with E-state index < -0.39 is 12.0 Å². The van der Waals surface area contributed by atoms with Crippen molar-refractivity contribution in [2.75, 3.05) is 14.2 Å². The summed E-state index contributed by atoms with van der Waals surface area (Å²) in [7, 11) is 2.82. The lowest BCUT2D eigenvalue weighted by Gasteiger charge is -2.25. The van der Waals surface area contributed by atoms with Gasteiger partial charge in [0.15, 0.2) is 9.89 Å². The van der Waals surface area contributed by atoms with E-state index in [1.807, 2.05) is 43.3 Å². The molecule has 1 aliphatic rings. The van der Waals surface area contributed by atoms with Crippen molar-refractivity contribution in [1.29, 1.82) is 0 Å². The molecule has 0 amide bonds. The number of hydrogen-bond acceptors (Lipinski definition) is 8. The second-order valence-electron chi connectivity index (χ2n) is 8.53. The standard InChI is InChI=1S/C28H23ClN2O5S2/c1-15-5-9-19(10-6-15)37-23-12-8-18(36-23)14-22-26(32)31-25(20-13-17(29)7-11-21(20)34-3)24(27(33)35-4)16(2)30-28(31)38-22/h5-14,25H,1-4H3/b22-14-/t25-/m0/s1. The van der Waals surface area contributed by atoms with Crippen molar-refractivity contribution in [3.8, 4) is 5.75 Å². The van der Waals surface area contributed by atoms with Gasteiger partial charge in [-0.05, 0) is 56.3 Å². The molecule has 194 valence electrons. The molecule has 7 nitrogen and oxygen atoms in total. The summed E-state index contributed by atoms with van der Waals surface area (Å²) in [4.78, 5) is 32.7. The molecule has 38 heavy (non-hydrogen) atoms. The van der Waals surface area contributed by atoms with Crippen LogP contribution >= 0.6 is 34.7 Å². The first-order chi connectivity index (χ1) is 18.3. The lowest BCUT2D eigenvalue weighted by molar-refractivity contribution is -0.136. The highest BCUT2D eigenvalue weighted by Gasteiger charge is 2.35. The summed E-state index contributed by atoms with van der Waals surface area (Å²) in [5, 5.41) is 1.15. The first-order valence-electron chi connectivity index (χ1n) is 11.6. The highest BCUT2D eigenvalue weighted by Crippen LogP contribution is 2.37. The Morgan fingerprint density at radius 1 is 1.13 bits per heavy atom. The summed E-state index contributed by atoms with van der Waals surface area (Å²) >= 11 is 9.03. The van der Waals surface area contributed by atoms with Crippen LogP contribution in [-0.4, -0.2) is 24.8 Å². The van der Waals surface area contributed by atoms with E-state index in [1.54, 1.807) is 31.2 Å². The Labute approximate surface area is 231 Å². The highest BCUT2D eigenvalue weighted by atomic mass is 35.5. The minimum atomic E-state index is -0.834. The minimum Gasteiger partial charge on any atom is -0.496 e. The molecule has 10 heteroatoms. The van der Waals surface area contributed by atoms with Gasteiger partial charge < -0.3 is 13.9 Å². The van der Waals surface area contributed by atoms with Gasteiger partial charge in [-0.15, -0.1) is 0 Å². The maximum absolute atomic E-state index is 13.8. The molecular weight excluding hydrogens is 544 g/mol. The van der Waals surface area contributed by atoms with E-state index >= 15 is 0 Å². The van der Waals surface area contributed by atoms with E-state index in [1.165, 1.54) is 47.4 Å². The zero-order valence-corrected chi connectivity index (χ0v) is 23.4. The molecule has 1 aliphatic heterocycles.